The molecule has 0 fully saturated rings. The number of anilines is 1. The normalized spacial score (nSPS) is 10.7. The topological polar surface area (TPSA) is 39.8 Å². The predicted molar refractivity (Wildman–Crippen MR) is 103 cm³/mol. The second-order valence-electron chi connectivity index (χ2n) is 5.80. The number of allylic oxidation sites excluding steroid dienone is 3. The minimum absolute atomic E-state index is 0.680. The number of benzene rings is 1. The van der Waals surface area contributed by atoms with Gasteiger partial charge in [-0.3, -0.25) is 0 Å². The highest BCUT2D eigenvalue weighted by atomic mass is 15.1. The highest BCUT2D eigenvalue weighted by Crippen LogP contribution is 2.18. The monoisotopic (exact) mass is 309 g/mol. The van der Waals surface area contributed by atoms with E-state index >= 15 is 0 Å². The minimum Gasteiger partial charge on any atom is -0.361 e. The second kappa shape index (κ2) is 9.36. The van der Waals surface area contributed by atoms with E-state index in [0.29, 0.717) is 5.82 Å². The summed E-state index contributed by atoms with van der Waals surface area (Å²) in [4.78, 5) is 3.17. The lowest BCUT2D eigenvalue weighted by molar-refractivity contribution is 0.737. The smallest absolute Gasteiger partial charge is 0.100 e. The molecule has 0 saturated carbocycles. The summed E-state index contributed by atoms with van der Waals surface area (Å²) in [6.45, 7) is 17.8. The Balaban J connectivity index is 0.000000593. The molecule has 0 saturated heterocycles. The van der Waals surface area contributed by atoms with Gasteiger partial charge in [0.25, 0.3) is 0 Å². The zero-order chi connectivity index (χ0) is 17.2. The zero-order valence-corrected chi connectivity index (χ0v) is 14.3. The van der Waals surface area contributed by atoms with Crippen LogP contribution < -0.4 is 10.6 Å². The largest absolute Gasteiger partial charge is 0.361 e. The van der Waals surface area contributed by atoms with Crippen LogP contribution in [0.5, 0.6) is 0 Å². The van der Waals surface area contributed by atoms with Crippen molar-refractivity contribution in [3.63, 3.8) is 0 Å². The Bertz CT molecular complexity index is 687. The van der Waals surface area contributed by atoms with Crippen LogP contribution in [0.2, 0.25) is 0 Å². The number of rotatable bonds is 6. The van der Waals surface area contributed by atoms with Gasteiger partial charge in [0.1, 0.15) is 5.82 Å². The number of aromatic amines is 1. The number of fused-ring (bicyclic) bond motifs is 1. The van der Waals surface area contributed by atoms with E-state index < -0.39 is 0 Å². The Kier molecular flexibility index (Phi) is 7.48. The van der Waals surface area contributed by atoms with Gasteiger partial charge in [-0.2, -0.15) is 0 Å². The molecule has 0 amide bonds. The van der Waals surface area contributed by atoms with Crippen molar-refractivity contribution in [2.24, 2.45) is 5.92 Å². The first-order valence-electron chi connectivity index (χ1n) is 7.71. The van der Waals surface area contributed by atoms with Gasteiger partial charge in [-0.1, -0.05) is 52.7 Å². The summed E-state index contributed by atoms with van der Waals surface area (Å²) in [6.07, 6.45) is 7.16. The first-order valence-corrected chi connectivity index (χ1v) is 7.71. The number of H-pyrrole nitrogens is 1. The molecule has 0 aliphatic rings. The Morgan fingerprint density at radius 2 is 1.87 bits per heavy atom. The summed E-state index contributed by atoms with van der Waals surface area (Å²) in [6, 6.07) is 8.13. The Hall–Kier alpha value is -2.68. The SMILES string of the molecule is C=C/C=C(\C=C)NC(=C)Nc1ccc2cc[nH]c2c1.CC(C)C. The van der Waals surface area contributed by atoms with Crippen LogP contribution >= 0.6 is 0 Å². The molecule has 0 aliphatic carbocycles. The number of hydrogen-bond donors (Lipinski definition) is 3. The third kappa shape index (κ3) is 6.74. The van der Waals surface area contributed by atoms with Gasteiger partial charge >= 0.3 is 0 Å². The van der Waals surface area contributed by atoms with Crippen molar-refractivity contribution in [2.75, 3.05) is 5.32 Å². The first-order chi connectivity index (χ1) is 11.0. The standard InChI is InChI=1S/C16H17N3.C4H10/c1-4-6-14(5-2)18-12(3)19-15-8-7-13-9-10-17-16(13)11-15;1-4(2)3/h4-11,17-19H,1-3H2;4H,1-3H3/b14-6+;. The average Bonchev–Trinajstić information content (AvgIpc) is 2.93. The van der Waals surface area contributed by atoms with E-state index in [1.54, 1.807) is 12.2 Å². The fourth-order valence-corrected chi connectivity index (χ4v) is 1.79. The molecule has 3 nitrogen and oxygen atoms in total. The molecule has 23 heavy (non-hydrogen) atoms. The minimum atomic E-state index is 0.680. The van der Waals surface area contributed by atoms with Gasteiger partial charge in [0.2, 0.25) is 0 Å². The van der Waals surface area contributed by atoms with Crippen LogP contribution in [0.3, 0.4) is 0 Å². The molecule has 1 heterocycles. The number of nitrogens with one attached hydrogen (secondary N) is 3. The van der Waals surface area contributed by atoms with Crippen molar-refractivity contribution in [1.29, 1.82) is 0 Å². The van der Waals surface area contributed by atoms with Crippen LogP contribution in [0, 0.1) is 5.92 Å². The molecule has 0 atom stereocenters. The van der Waals surface area contributed by atoms with Crippen molar-refractivity contribution in [3.8, 4) is 0 Å². The molecular formula is C20H27N3. The molecule has 122 valence electrons. The maximum Gasteiger partial charge on any atom is 0.100 e. The van der Waals surface area contributed by atoms with E-state index in [1.807, 2.05) is 30.5 Å². The van der Waals surface area contributed by atoms with Gasteiger partial charge in [0, 0.05) is 23.1 Å². The Morgan fingerprint density at radius 1 is 1.17 bits per heavy atom. The van der Waals surface area contributed by atoms with Gasteiger partial charge in [-0.05, 0) is 41.7 Å². The van der Waals surface area contributed by atoms with E-state index in [2.05, 4.69) is 62.2 Å². The maximum absolute atomic E-state index is 3.93. The van der Waals surface area contributed by atoms with Crippen molar-refractivity contribution in [1.82, 2.24) is 10.3 Å². The molecule has 0 spiro atoms. The average molecular weight is 309 g/mol. The van der Waals surface area contributed by atoms with Gasteiger partial charge in [-0.25, -0.2) is 0 Å². The van der Waals surface area contributed by atoms with Crippen LogP contribution in [0.4, 0.5) is 5.69 Å². The van der Waals surface area contributed by atoms with Crippen LogP contribution in [0.25, 0.3) is 10.9 Å². The molecule has 3 heteroatoms. The molecular weight excluding hydrogens is 282 g/mol. The van der Waals surface area contributed by atoms with Crippen LogP contribution in [-0.4, -0.2) is 4.98 Å². The van der Waals surface area contributed by atoms with Crippen LogP contribution in [0.15, 0.2) is 79.9 Å². The highest BCUT2D eigenvalue weighted by molar-refractivity contribution is 5.83. The predicted octanol–water partition coefficient (Wildman–Crippen LogP) is 5.56. The lowest BCUT2D eigenvalue weighted by Crippen LogP contribution is -2.16. The van der Waals surface area contributed by atoms with E-state index in [-0.39, 0.29) is 0 Å². The fraction of sp³-hybridized carbons (Fsp3) is 0.200. The molecule has 2 aromatic rings. The number of aromatic nitrogens is 1. The molecule has 0 aliphatic heterocycles. The van der Waals surface area contributed by atoms with Gasteiger partial charge in [0.15, 0.2) is 0 Å². The van der Waals surface area contributed by atoms with E-state index in [0.717, 1.165) is 22.8 Å². The zero-order valence-electron chi connectivity index (χ0n) is 14.3. The Morgan fingerprint density at radius 3 is 2.48 bits per heavy atom. The summed E-state index contributed by atoms with van der Waals surface area (Å²) in [5.74, 6) is 1.51. The summed E-state index contributed by atoms with van der Waals surface area (Å²) in [7, 11) is 0. The molecule has 2 rings (SSSR count). The summed E-state index contributed by atoms with van der Waals surface area (Å²) < 4.78 is 0. The second-order valence-corrected chi connectivity index (χ2v) is 5.80. The van der Waals surface area contributed by atoms with Crippen LogP contribution in [0.1, 0.15) is 20.8 Å². The van der Waals surface area contributed by atoms with Gasteiger partial charge in [0.05, 0.1) is 0 Å². The third-order valence-corrected chi connectivity index (χ3v) is 2.66. The van der Waals surface area contributed by atoms with Gasteiger partial charge < -0.3 is 15.6 Å². The Labute approximate surface area is 139 Å². The van der Waals surface area contributed by atoms with Crippen molar-refractivity contribution in [2.45, 2.75) is 20.8 Å². The van der Waals surface area contributed by atoms with E-state index in [1.165, 1.54) is 5.39 Å². The van der Waals surface area contributed by atoms with E-state index in [4.69, 9.17) is 0 Å². The van der Waals surface area contributed by atoms with Gasteiger partial charge in [-0.15, -0.1) is 0 Å². The van der Waals surface area contributed by atoms with Crippen molar-refractivity contribution in [3.05, 3.63) is 79.9 Å². The van der Waals surface area contributed by atoms with Crippen molar-refractivity contribution >= 4 is 16.6 Å². The lowest BCUT2D eigenvalue weighted by atomic mass is 10.2. The lowest BCUT2D eigenvalue weighted by Gasteiger charge is -2.12. The van der Waals surface area contributed by atoms with E-state index in [9.17, 15) is 0 Å². The highest BCUT2D eigenvalue weighted by Gasteiger charge is 1.99. The third-order valence-electron chi connectivity index (χ3n) is 2.66. The fourth-order valence-electron chi connectivity index (χ4n) is 1.79. The quantitative estimate of drug-likeness (QED) is 0.611. The molecule has 1 aromatic carbocycles. The number of hydrogen-bond acceptors (Lipinski definition) is 2. The maximum atomic E-state index is 3.93. The molecule has 0 unspecified atom stereocenters. The summed E-state index contributed by atoms with van der Waals surface area (Å²) in [5, 5.41) is 7.50. The molecule has 1 aromatic heterocycles. The summed E-state index contributed by atoms with van der Waals surface area (Å²) in [5.41, 5.74) is 2.89. The van der Waals surface area contributed by atoms with Crippen LogP contribution in [-0.2, 0) is 0 Å². The molecule has 0 radical (unpaired) electrons. The molecule has 0 bridgehead atoms. The summed E-state index contributed by atoms with van der Waals surface area (Å²) >= 11 is 0. The molecule has 3 N–H and O–H groups in total. The first kappa shape index (κ1) is 18.4. The van der Waals surface area contributed by atoms with Crippen molar-refractivity contribution < 1.29 is 0 Å².